The summed E-state index contributed by atoms with van der Waals surface area (Å²) in [6, 6.07) is 7.81. The Morgan fingerprint density at radius 2 is 2.17 bits per heavy atom. The molecule has 1 aliphatic rings. The van der Waals surface area contributed by atoms with E-state index in [2.05, 4.69) is 9.97 Å². The fraction of sp³-hybridized carbons (Fsp3) is 0.235. The quantitative estimate of drug-likeness (QED) is 0.776. The average Bonchev–Trinajstić information content (AvgIpc) is 3.10. The molecule has 0 bridgehead atoms. The number of benzene rings is 1. The van der Waals surface area contributed by atoms with Crippen LogP contribution in [-0.4, -0.2) is 25.4 Å². The summed E-state index contributed by atoms with van der Waals surface area (Å²) in [4.78, 5) is 30.4. The predicted octanol–water partition coefficient (Wildman–Crippen LogP) is 2.17. The van der Waals surface area contributed by atoms with Gasteiger partial charge in [-0.2, -0.15) is 0 Å². The highest BCUT2D eigenvalue weighted by Crippen LogP contribution is 2.49. The van der Waals surface area contributed by atoms with Crippen LogP contribution in [0.5, 0.6) is 0 Å². The largest absolute Gasteiger partial charge is 0.481 e. The molecule has 0 saturated heterocycles. The van der Waals surface area contributed by atoms with E-state index in [-0.39, 0.29) is 12.0 Å². The zero-order chi connectivity index (χ0) is 16.2. The number of hydrogen-bond acceptors (Lipinski definition) is 3. The fourth-order valence-electron chi connectivity index (χ4n) is 3.66. The Labute approximate surface area is 131 Å². The van der Waals surface area contributed by atoms with Crippen molar-refractivity contribution in [3.05, 3.63) is 58.3 Å². The summed E-state index contributed by atoms with van der Waals surface area (Å²) >= 11 is 0. The number of carboxylic acid groups (broad SMARTS) is 1. The normalized spacial score (nSPS) is 18.8. The van der Waals surface area contributed by atoms with E-state index in [1.807, 2.05) is 31.2 Å². The van der Waals surface area contributed by atoms with Gasteiger partial charge in [0.2, 0.25) is 5.65 Å². The van der Waals surface area contributed by atoms with Crippen LogP contribution in [0.1, 0.15) is 31.0 Å². The molecular formula is C17H15N3O3. The molecule has 0 fully saturated rings. The Morgan fingerprint density at radius 3 is 2.96 bits per heavy atom. The molecule has 1 aliphatic carbocycles. The maximum atomic E-state index is 12.3. The summed E-state index contributed by atoms with van der Waals surface area (Å²) in [5.41, 5.74) is 3.23. The number of H-pyrrole nitrogens is 1. The number of carbonyl (C=O) groups is 1. The van der Waals surface area contributed by atoms with Gasteiger partial charge < -0.3 is 10.1 Å². The van der Waals surface area contributed by atoms with E-state index in [9.17, 15) is 9.59 Å². The van der Waals surface area contributed by atoms with Crippen LogP contribution in [0.2, 0.25) is 0 Å². The highest BCUT2D eigenvalue weighted by atomic mass is 16.4. The Bertz CT molecular complexity index is 1000. The molecule has 1 aromatic carbocycles. The first-order valence-electron chi connectivity index (χ1n) is 7.44. The van der Waals surface area contributed by atoms with Crippen LogP contribution >= 0.6 is 0 Å². The molecule has 0 saturated carbocycles. The van der Waals surface area contributed by atoms with Crippen LogP contribution in [0, 0.1) is 0 Å². The summed E-state index contributed by atoms with van der Waals surface area (Å²) in [5.74, 6) is -0.830. The molecule has 2 heterocycles. The number of hydrogen-bond donors (Lipinski definition) is 2. The van der Waals surface area contributed by atoms with Crippen LogP contribution in [0.4, 0.5) is 0 Å². The second-order valence-electron chi connectivity index (χ2n) is 6.07. The molecule has 0 radical (unpaired) electrons. The van der Waals surface area contributed by atoms with Crippen LogP contribution in [0.15, 0.2) is 41.5 Å². The smallest absolute Gasteiger partial charge is 0.303 e. The molecule has 3 aromatic rings. The summed E-state index contributed by atoms with van der Waals surface area (Å²) in [5, 5.41) is 9.12. The standard InChI is InChI=1S/C17H15N3O3/c1-17(7-6-12(21)22)11-5-3-2-4-10(11)13-14(17)20-9-8-18-15(20)16(23)19-13/h2-5,8-9H,6-7H2,1H3,(H,19,23)(H,21,22). The highest BCUT2D eigenvalue weighted by Gasteiger charge is 2.42. The van der Waals surface area contributed by atoms with Gasteiger partial charge in [-0.25, -0.2) is 4.98 Å². The Hall–Kier alpha value is -2.89. The number of carboxylic acids is 1. The topological polar surface area (TPSA) is 87.5 Å². The number of aromatic nitrogens is 3. The molecule has 1 atom stereocenters. The van der Waals surface area contributed by atoms with Crippen molar-refractivity contribution in [2.24, 2.45) is 0 Å². The molecule has 4 rings (SSSR count). The lowest BCUT2D eigenvalue weighted by atomic mass is 9.79. The van der Waals surface area contributed by atoms with Gasteiger partial charge in [-0.3, -0.25) is 14.0 Å². The van der Waals surface area contributed by atoms with Crippen molar-refractivity contribution in [1.29, 1.82) is 0 Å². The van der Waals surface area contributed by atoms with Crippen molar-refractivity contribution >= 4 is 11.6 Å². The molecular weight excluding hydrogens is 294 g/mol. The van der Waals surface area contributed by atoms with Gasteiger partial charge in [0.15, 0.2) is 0 Å². The maximum absolute atomic E-state index is 12.3. The van der Waals surface area contributed by atoms with Gasteiger partial charge in [-0.15, -0.1) is 0 Å². The van der Waals surface area contributed by atoms with Crippen molar-refractivity contribution in [1.82, 2.24) is 14.4 Å². The maximum Gasteiger partial charge on any atom is 0.303 e. The van der Waals surface area contributed by atoms with Crippen molar-refractivity contribution in [2.45, 2.75) is 25.2 Å². The lowest BCUT2D eigenvalue weighted by molar-refractivity contribution is -0.137. The summed E-state index contributed by atoms with van der Waals surface area (Å²) in [6.07, 6.45) is 3.85. The van der Waals surface area contributed by atoms with E-state index in [0.29, 0.717) is 12.1 Å². The van der Waals surface area contributed by atoms with Gasteiger partial charge in [0.1, 0.15) is 0 Å². The number of imidazole rings is 1. The van der Waals surface area contributed by atoms with Crippen LogP contribution in [-0.2, 0) is 10.2 Å². The summed E-state index contributed by atoms with van der Waals surface area (Å²) in [6.45, 7) is 2.03. The zero-order valence-electron chi connectivity index (χ0n) is 12.5. The lowest BCUT2D eigenvalue weighted by Crippen LogP contribution is -2.26. The minimum absolute atomic E-state index is 0.0551. The minimum atomic E-state index is -0.830. The zero-order valence-corrected chi connectivity index (χ0v) is 12.5. The third-order valence-corrected chi connectivity index (χ3v) is 4.71. The number of rotatable bonds is 3. The second-order valence-corrected chi connectivity index (χ2v) is 6.07. The molecule has 23 heavy (non-hydrogen) atoms. The molecule has 6 nitrogen and oxygen atoms in total. The number of nitrogens with zero attached hydrogens (tertiary/aromatic N) is 2. The van der Waals surface area contributed by atoms with E-state index in [4.69, 9.17) is 5.11 Å². The predicted molar refractivity (Wildman–Crippen MR) is 84.6 cm³/mol. The minimum Gasteiger partial charge on any atom is -0.481 e. The fourth-order valence-corrected chi connectivity index (χ4v) is 3.66. The molecule has 0 amide bonds. The molecule has 0 aliphatic heterocycles. The molecule has 2 N–H and O–H groups in total. The van der Waals surface area contributed by atoms with Crippen LogP contribution in [0.25, 0.3) is 16.9 Å². The number of aromatic amines is 1. The SMILES string of the molecule is CC1(CCC(=O)O)c2ccccc2-c2[nH]c(=O)c3nccn3c21. The molecule has 2 aromatic heterocycles. The molecule has 0 spiro atoms. The Morgan fingerprint density at radius 1 is 1.39 bits per heavy atom. The van der Waals surface area contributed by atoms with Crippen molar-refractivity contribution in [3.63, 3.8) is 0 Å². The number of nitrogens with one attached hydrogen (secondary N) is 1. The van der Waals surface area contributed by atoms with E-state index < -0.39 is 11.4 Å². The third kappa shape index (κ3) is 1.78. The third-order valence-electron chi connectivity index (χ3n) is 4.71. The van der Waals surface area contributed by atoms with Crippen molar-refractivity contribution in [3.8, 4) is 11.3 Å². The molecule has 116 valence electrons. The summed E-state index contributed by atoms with van der Waals surface area (Å²) < 4.78 is 1.79. The van der Waals surface area contributed by atoms with Crippen molar-refractivity contribution in [2.75, 3.05) is 0 Å². The van der Waals surface area contributed by atoms with Crippen molar-refractivity contribution < 1.29 is 9.90 Å². The number of fused-ring (bicyclic) bond motifs is 5. The van der Waals surface area contributed by atoms with Crippen LogP contribution in [0.3, 0.4) is 0 Å². The monoisotopic (exact) mass is 309 g/mol. The Kier molecular flexibility index (Phi) is 2.72. The van der Waals surface area contributed by atoms with Gasteiger partial charge >= 0.3 is 5.97 Å². The first kappa shape index (κ1) is 13.8. The van der Waals surface area contributed by atoms with E-state index in [1.165, 1.54) is 0 Å². The Balaban J connectivity index is 2.07. The molecule has 1 unspecified atom stereocenters. The second kappa shape index (κ2) is 4.55. The van der Waals surface area contributed by atoms with E-state index in [1.54, 1.807) is 16.8 Å². The van der Waals surface area contributed by atoms with E-state index >= 15 is 0 Å². The first-order chi connectivity index (χ1) is 11.0. The van der Waals surface area contributed by atoms with Crippen LogP contribution < -0.4 is 5.56 Å². The lowest BCUT2D eigenvalue weighted by Gasteiger charge is -2.27. The molecule has 6 heteroatoms. The summed E-state index contributed by atoms with van der Waals surface area (Å²) in [7, 11) is 0. The van der Waals surface area contributed by atoms with E-state index in [0.717, 1.165) is 22.5 Å². The number of aliphatic carboxylic acids is 1. The van der Waals surface area contributed by atoms with Gasteiger partial charge in [0.05, 0.1) is 11.4 Å². The average molecular weight is 309 g/mol. The van der Waals surface area contributed by atoms with Gasteiger partial charge in [-0.1, -0.05) is 24.3 Å². The highest BCUT2D eigenvalue weighted by molar-refractivity contribution is 5.78. The van der Waals surface area contributed by atoms with Gasteiger partial charge in [0.25, 0.3) is 5.56 Å². The first-order valence-corrected chi connectivity index (χ1v) is 7.44. The van der Waals surface area contributed by atoms with Gasteiger partial charge in [-0.05, 0) is 18.9 Å². The van der Waals surface area contributed by atoms with Gasteiger partial charge in [0, 0.05) is 29.8 Å².